The molecule has 0 atom stereocenters. The number of halogens is 5. The molecule has 17 heavy (non-hydrogen) atoms. The zero-order valence-electron chi connectivity index (χ0n) is 8.15. The van der Waals surface area contributed by atoms with Gasteiger partial charge in [-0.1, -0.05) is 17.7 Å². The molecule has 0 aliphatic rings. The Morgan fingerprint density at radius 3 is 2.59 bits per heavy atom. The van der Waals surface area contributed by atoms with E-state index in [1.54, 1.807) is 5.32 Å². The molecule has 0 saturated carbocycles. The number of nitrogens with one attached hydrogen (secondary N) is 1. The van der Waals surface area contributed by atoms with E-state index in [0.717, 1.165) is 6.07 Å². The molecule has 0 saturated heterocycles. The van der Waals surface area contributed by atoms with Crippen LogP contribution in [0.1, 0.15) is 0 Å². The number of anilines is 1. The minimum absolute atomic E-state index is 0.144. The quantitative estimate of drug-likeness (QED) is 0.835. The van der Waals surface area contributed by atoms with Gasteiger partial charge in [0.05, 0.1) is 10.7 Å². The SMILES string of the molecule is O=C(Nc1c(F)cccc1Cl)OCC(F)(F)F. The summed E-state index contributed by atoms with van der Waals surface area (Å²) in [5, 5.41) is 1.64. The van der Waals surface area contributed by atoms with Crippen LogP contribution in [0.3, 0.4) is 0 Å². The molecule has 94 valence electrons. The van der Waals surface area contributed by atoms with Gasteiger partial charge in [0.25, 0.3) is 0 Å². The first kappa shape index (κ1) is 13.6. The van der Waals surface area contributed by atoms with Crippen LogP contribution in [0.15, 0.2) is 18.2 Å². The standard InChI is InChI=1S/C9H6ClF4NO2/c10-5-2-1-3-6(11)7(5)15-8(16)17-4-9(12,13)14/h1-3H,4H2,(H,15,16). The lowest BCUT2D eigenvalue weighted by atomic mass is 10.3. The smallest absolute Gasteiger partial charge is 0.422 e. The molecule has 0 radical (unpaired) electrons. The third-order valence-corrected chi connectivity index (χ3v) is 1.87. The van der Waals surface area contributed by atoms with Crippen molar-refractivity contribution in [2.45, 2.75) is 6.18 Å². The summed E-state index contributed by atoms with van der Waals surface area (Å²) < 4.78 is 52.1. The van der Waals surface area contributed by atoms with Crippen molar-refractivity contribution in [3.8, 4) is 0 Å². The fourth-order valence-corrected chi connectivity index (χ4v) is 1.11. The number of carbonyl (C=O) groups excluding carboxylic acids is 1. The molecule has 1 N–H and O–H groups in total. The molecule has 8 heteroatoms. The van der Waals surface area contributed by atoms with Gasteiger partial charge in [0, 0.05) is 0 Å². The van der Waals surface area contributed by atoms with E-state index < -0.39 is 30.4 Å². The Labute approximate surface area is 98.3 Å². The summed E-state index contributed by atoms with van der Waals surface area (Å²) in [5.41, 5.74) is -0.429. The minimum Gasteiger partial charge on any atom is -0.440 e. The molecule has 0 unspecified atom stereocenters. The number of hydrogen-bond acceptors (Lipinski definition) is 2. The highest BCUT2D eigenvalue weighted by Crippen LogP contribution is 2.24. The topological polar surface area (TPSA) is 38.3 Å². The Morgan fingerprint density at radius 1 is 1.41 bits per heavy atom. The van der Waals surface area contributed by atoms with Gasteiger partial charge in [-0.3, -0.25) is 5.32 Å². The molecule has 0 aromatic heterocycles. The Hall–Kier alpha value is -1.50. The maximum atomic E-state index is 13.1. The Balaban J connectivity index is 2.63. The van der Waals surface area contributed by atoms with Gasteiger partial charge in [-0.15, -0.1) is 0 Å². The van der Waals surface area contributed by atoms with Crippen molar-refractivity contribution in [1.82, 2.24) is 0 Å². The van der Waals surface area contributed by atoms with Crippen LogP contribution in [0.25, 0.3) is 0 Å². The zero-order valence-corrected chi connectivity index (χ0v) is 8.90. The third kappa shape index (κ3) is 4.48. The number of ether oxygens (including phenoxy) is 1. The van der Waals surface area contributed by atoms with Crippen LogP contribution in [0.2, 0.25) is 5.02 Å². The van der Waals surface area contributed by atoms with Crippen molar-refractivity contribution < 1.29 is 27.1 Å². The van der Waals surface area contributed by atoms with Crippen molar-refractivity contribution in [3.05, 3.63) is 29.0 Å². The van der Waals surface area contributed by atoms with E-state index in [0.29, 0.717) is 0 Å². The van der Waals surface area contributed by atoms with Crippen molar-refractivity contribution in [2.75, 3.05) is 11.9 Å². The largest absolute Gasteiger partial charge is 0.440 e. The molecular formula is C9H6ClF4NO2. The summed E-state index contributed by atoms with van der Waals surface area (Å²) in [7, 11) is 0. The second kappa shape index (κ2) is 5.22. The first-order chi connectivity index (χ1) is 7.79. The normalized spacial score (nSPS) is 11.1. The predicted octanol–water partition coefficient (Wildman–Crippen LogP) is 3.59. The number of alkyl halides is 3. The molecule has 0 spiro atoms. The molecule has 0 heterocycles. The average molecular weight is 272 g/mol. The van der Waals surface area contributed by atoms with Gasteiger partial charge in [0.2, 0.25) is 0 Å². The van der Waals surface area contributed by atoms with Crippen molar-refractivity contribution in [2.24, 2.45) is 0 Å². The lowest BCUT2D eigenvalue weighted by Gasteiger charge is -2.10. The number of carbonyl (C=O) groups is 1. The van der Waals surface area contributed by atoms with Crippen molar-refractivity contribution in [3.63, 3.8) is 0 Å². The first-order valence-corrected chi connectivity index (χ1v) is 4.62. The minimum atomic E-state index is -4.64. The zero-order chi connectivity index (χ0) is 13.1. The van der Waals surface area contributed by atoms with Gasteiger partial charge >= 0.3 is 12.3 Å². The third-order valence-electron chi connectivity index (χ3n) is 1.56. The van der Waals surface area contributed by atoms with Gasteiger partial charge in [-0.05, 0) is 12.1 Å². The fraction of sp³-hybridized carbons (Fsp3) is 0.222. The molecule has 0 fully saturated rings. The van der Waals surface area contributed by atoms with E-state index >= 15 is 0 Å². The highest BCUT2D eigenvalue weighted by Gasteiger charge is 2.29. The summed E-state index contributed by atoms with van der Waals surface area (Å²) in [5.74, 6) is -0.874. The summed E-state index contributed by atoms with van der Waals surface area (Å²) in [4.78, 5) is 10.9. The number of para-hydroxylation sites is 1. The van der Waals surface area contributed by atoms with Gasteiger partial charge < -0.3 is 4.74 Å². The molecule has 0 bridgehead atoms. The number of hydrogen-bond donors (Lipinski definition) is 1. The molecular weight excluding hydrogens is 266 g/mol. The van der Waals surface area contributed by atoms with E-state index in [1.165, 1.54) is 12.1 Å². The summed E-state index contributed by atoms with van der Waals surface area (Å²) in [6, 6.07) is 3.54. The molecule has 1 aromatic carbocycles. The summed E-state index contributed by atoms with van der Waals surface area (Å²) >= 11 is 5.53. The molecule has 1 rings (SSSR count). The van der Waals surface area contributed by atoms with E-state index in [9.17, 15) is 22.4 Å². The second-order valence-electron chi connectivity index (χ2n) is 2.91. The molecule has 3 nitrogen and oxygen atoms in total. The van der Waals surface area contributed by atoms with Crippen LogP contribution in [0.4, 0.5) is 28.0 Å². The van der Waals surface area contributed by atoms with E-state index in [4.69, 9.17) is 11.6 Å². The highest BCUT2D eigenvalue weighted by atomic mass is 35.5. The van der Waals surface area contributed by atoms with Crippen LogP contribution < -0.4 is 5.32 Å². The van der Waals surface area contributed by atoms with Crippen LogP contribution in [0.5, 0.6) is 0 Å². The van der Waals surface area contributed by atoms with E-state index in [-0.39, 0.29) is 5.02 Å². The van der Waals surface area contributed by atoms with Crippen LogP contribution in [-0.2, 0) is 4.74 Å². The highest BCUT2D eigenvalue weighted by molar-refractivity contribution is 6.33. The van der Waals surface area contributed by atoms with Gasteiger partial charge in [0.1, 0.15) is 5.82 Å². The average Bonchev–Trinajstić information content (AvgIpc) is 2.20. The maximum absolute atomic E-state index is 13.1. The summed E-state index contributed by atoms with van der Waals surface area (Å²) in [6.07, 6.45) is -6.08. The van der Waals surface area contributed by atoms with Gasteiger partial charge in [0.15, 0.2) is 6.61 Å². The Kier molecular flexibility index (Phi) is 4.17. The van der Waals surface area contributed by atoms with Crippen LogP contribution >= 0.6 is 11.6 Å². The molecule has 1 amide bonds. The molecule has 1 aromatic rings. The van der Waals surface area contributed by atoms with E-state index in [1.807, 2.05) is 0 Å². The second-order valence-corrected chi connectivity index (χ2v) is 3.32. The fourth-order valence-electron chi connectivity index (χ4n) is 0.903. The predicted molar refractivity (Wildman–Crippen MR) is 52.4 cm³/mol. The maximum Gasteiger partial charge on any atom is 0.422 e. The van der Waals surface area contributed by atoms with E-state index in [2.05, 4.69) is 4.74 Å². The Bertz CT molecular complexity index is 402. The lowest BCUT2D eigenvalue weighted by molar-refractivity contribution is -0.159. The Morgan fingerprint density at radius 2 is 2.06 bits per heavy atom. The molecule has 0 aliphatic carbocycles. The van der Waals surface area contributed by atoms with Crippen molar-refractivity contribution in [1.29, 1.82) is 0 Å². The molecule has 0 aliphatic heterocycles. The number of benzene rings is 1. The van der Waals surface area contributed by atoms with Gasteiger partial charge in [-0.2, -0.15) is 13.2 Å². The lowest BCUT2D eigenvalue weighted by Crippen LogP contribution is -2.23. The monoisotopic (exact) mass is 271 g/mol. The summed E-state index contributed by atoms with van der Waals surface area (Å²) in [6.45, 7) is -1.76. The van der Waals surface area contributed by atoms with Crippen LogP contribution in [0, 0.1) is 5.82 Å². The van der Waals surface area contributed by atoms with Gasteiger partial charge in [-0.25, -0.2) is 9.18 Å². The number of rotatable bonds is 2. The first-order valence-electron chi connectivity index (χ1n) is 4.24. The van der Waals surface area contributed by atoms with Crippen molar-refractivity contribution >= 4 is 23.4 Å². The number of amides is 1. The van der Waals surface area contributed by atoms with Crippen LogP contribution in [-0.4, -0.2) is 18.9 Å².